The molecule has 0 unspecified atom stereocenters. The van der Waals surface area contributed by atoms with Crippen LogP contribution in [-0.2, 0) is 0 Å². The van der Waals surface area contributed by atoms with Crippen LogP contribution in [0.3, 0.4) is 0 Å². The zero-order valence-corrected chi connectivity index (χ0v) is 17.0. The Labute approximate surface area is 171 Å². The molecule has 0 spiro atoms. The summed E-state index contributed by atoms with van der Waals surface area (Å²) in [6.07, 6.45) is 4.38. The van der Waals surface area contributed by atoms with Crippen LogP contribution in [0.15, 0.2) is 42.5 Å². The molecule has 2 aromatic rings. The van der Waals surface area contributed by atoms with E-state index in [0.29, 0.717) is 22.6 Å². The summed E-state index contributed by atoms with van der Waals surface area (Å²) in [5.74, 6) is 0.564. The molecule has 2 aromatic carbocycles. The maximum absolute atomic E-state index is 13.1. The van der Waals surface area contributed by atoms with Crippen molar-refractivity contribution in [2.24, 2.45) is 0 Å². The van der Waals surface area contributed by atoms with Crippen LogP contribution in [0.25, 0.3) is 0 Å². The third-order valence-corrected chi connectivity index (χ3v) is 5.81. The number of rotatable bonds is 4. The molecule has 2 aliphatic rings. The summed E-state index contributed by atoms with van der Waals surface area (Å²) in [6.45, 7) is 3.70. The summed E-state index contributed by atoms with van der Waals surface area (Å²) in [6, 6.07) is 12.7. The van der Waals surface area contributed by atoms with Gasteiger partial charge >= 0.3 is 0 Å². The average Bonchev–Trinajstić information content (AvgIpc) is 3.00. The molecule has 1 atom stereocenters. The minimum absolute atomic E-state index is 0.0800. The van der Waals surface area contributed by atoms with Gasteiger partial charge in [0.1, 0.15) is 11.9 Å². The van der Waals surface area contributed by atoms with E-state index in [1.807, 2.05) is 29.2 Å². The number of methoxy groups -OCH3 is 1. The van der Waals surface area contributed by atoms with E-state index < -0.39 is 0 Å². The van der Waals surface area contributed by atoms with Crippen LogP contribution < -0.4 is 15.0 Å². The number of nitrogens with one attached hydrogen (secondary N) is 1. The van der Waals surface area contributed by atoms with Crippen LogP contribution in [0, 0.1) is 0 Å². The van der Waals surface area contributed by atoms with Crippen molar-refractivity contribution in [2.45, 2.75) is 38.8 Å². The van der Waals surface area contributed by atoms with Gasteiger partial charge < -0.3 is 19.9 Å². The topological polar surface area (TPSA) is 61.9 Å². The second-order valence-electron chi connectivity index (χ2n) is 7.53. The number of carbonyl (C=O) groups is 2. The SMILES string of the molecule is CCN1c2cc(C(=O)Nc3cccc(OC)c3)ccc2C(=O)N2CCCCC[C@@H]21. The van der Waals surface area contributed by atoms with Gasteiger partial charge in [0.15, 0.2) is 0 Å². The molecular weight excluding hydrogens is 366 g/mol. The highest BCUT2D eigenvalue weighted by Crippen LogP contribution is 2.35. The fourth-order valence-corrected chi connectivity index (χ4v) is 4.34. The quantitative estimate of drug-likeness (QED) is 0.848. The maximum atomic E-state index is 13.1. The molecule has 1 fully saturated rings. The summed E-state index contributed by atoms with van der Waals surface area (Å²) in [4.78, 5) is 30.2. The first-order chi connectivity index (χ1) is 14.1. The van der Waals surface area contributed by atoms with Crippen molar-refractivity contribution < 1.29 is 14.3 Å². The van der Waals surface area contributed by atoms with Crippen LogP contribution >= 0.6 is 0 Å². The van der Waals surface area contributed by atoms with E-state index in [2.05, 4.69) is 17.1 Å². The van der Waals surface area contributed by atoms with E-state index in [9.17, 15) is 9.59 Å². The summed E-state index contributed by atoms with van der Waals surface area (Å²) in [5.41, 5.74) is 2.76. The van der Waals surface area contributed by atoms with Crippen LogP contribution in [0.2, 0.25) is 0 Å². The van der Waals surface area contributed by atoms with Crippen LogP contribution in [0.1, 0.15) is 53.3 Å². The Hall–Kier alpha value is -3.02. The van der Waals surface area contributed by atoms with Crippen molar-refractivity contribution in [1.29, 1.82) is 0 Å². The van der Waals surface area contributed by atoms with Crippen molar-refractivity contribution in [1.82, 2.24) is 4.90 Å². The van der Waals surface area contributed by atoms with Gasteiger partial charge in [0, 0.05) is 30.4 Å². The fraction of sp³-hybridized carbons (Fsp3) is 0.391. The Bertz CT molecular complexity index is 927. The Morgan fingerprint density at radius 3 is 2.83 bits per heavy atom. The number of anilines is 2. The third kappa shape index (κ3) is 3.67. The maximum Gasteiger partial charge on any atom is 0.257 e. The number of benzene rings is 2. The molecule has 1 N–H and O–H groups in total. The molecule has 29 heavy (non-hydrogen) atoms. The highest BCUT2D eigenvalue weighted by atomic mass is 16.5. The second kappa shape index (κ2) is 8.15. The number of hydrogen-bond donors (Lipinski definition) is 1. The summed E-state index contributed by atoms with van der Waals surface area (Å²) in [5, 5.41) is 2.92. The highest BCUT2D eigenvalue weighted by molar-refractivity contribution is 6.08. The average molecular weight is 393 g/mol. The number of fused-ring (bicyclic) bond motifs is 2. The molecule has 4 rings (SSSR count). The van der Waals surface area contributed by atoms with Gasteiger partial charge in [0.2, 0.25) is 0 Å². The minimum Gasteiger partial charge on any atom is -0.497 e. The molecule has 0 radical (unpaired) electrons. The second-order valence-corrected chi connectivity index (χ2v) is 7.53. The molecule has 152 valence electrons. The molecule has 0 bridgehead atoms. The van der Waals surface area contributed by atoms with Gasteiger partial charge in [-0.25, -0.2) is 0 Å². The number of hydrogen-bond acceptors (Lipinski definition) is 4. The van der Waals surface area contributed by atoms with Crippen LogP contribution in [0.4, 0.5) is 11.4 Å². The Kier molecular flexibility index (Phi) is 5.43. The van der Waals surface area contributed by atoms with Gasteiger partial charge in [0.05, 0.1) is 18.4 Å². The van der Waals surface area contributed by atoms with Gasteiger partial charge in [-0.1, -0.05) is 12.5 Å². The molecule has 6 heteroatoms. The molecular formula is C23H27N3O3. The van der Waals surface area contributed by atoms with E-state index in [1.165, 1.54) is 0 Å². The molecule has 0 aliphatic carbocycles. The third-order valence-electron chi connectivity index (χ3n) is 5.81. The molecule has 0 aromatic heterocycles. The molecule has 2 heterocycles. The van der Waals surface area contributed by atoms with E-state index >= 15 is 0 Å². The smallest absolute Gasteiger partial charge is 0.257 e. The lowest BCUT2D eigenvalue weighted by molar-refractivity contribution is 0.0656. The molecule has 1 saturated heterocycles. The number of amides is 2. The van der Waals surface area contributed by atoms with Gasteiger partial charge in [0.25, 0.3) is 11.8 Å². The number of nitrogens with zero attached hydrogens (tertiary/aromatic N) is 2. The zero-order chi connectivity index (χ0) is 20.4. The number of carbonyl (C=O) groups excluding carboxylic acids is 2. The Morgan fingerprint density at radius 2 is 2.03 bits per heavy atom. The summed E-state index contributed by atoms with van der Waals surface area (Å²) >= 11 is 0. The van der Waals surface area contributed by atoms with Crippen molar-refractivity contribution in [3.8, 4) is 5.75 Å². The van der Waals surface area contributed by atoms with E-state index in [4.69, 9.17) is 4.74 Å². The Morgan fingerprint density at radius 1 is 1.17 bits per heavy atom. The van der Waals surface area contributed by atoms with E-state index in [1.54, 1.807) is 25.3 Å². The molecule has 2 amide bonds. The van der Waals surface area contributed by atoms with Gasteiger partial charge in [-0.15, -0.1) is 0 Å². The van der Waals surface area contributed by atoms with Crippen LogP contribution in [-0.4, -0.2) is 43.1 Å². The normalized spacial score (nSPS) is 18.6. The lowest BCUT2D eigenvalue weighted by atomic mass is 10.0. The lowest BCUT2D eigenvalue weighted by Crippen LogP contribution is -2.55. The van der Waals surface area contributed by atoms with Crippen molar-refractivity contribution in [3.63, 3.8) is 0 Å². The van der Waals surface area contributed by atoms with Gasteiger partial charge in [-0.3, -0.25) is 9.59 Å². The summed E-state index contributed by atoms with van der Waals surface area (Å²) < 4.78 is 5.22. The van der Waals surface area contributed by atoms with Crippen molar-refractivity contribution in [3.05, 3.63) is 53.6 Å². The predicted molar refractivity (Wildman–Crippen MR) is 114 cm³/mol. The highest BCUT2D eigenvalue weighted by Gasteiger charge is 2.37. The van der Waals surface area contributed by atoms with Gasteiger partial charge in [-0.2, -0.15) is 0 Å². The van der Waals surface area contributed by atoms with Gasteiger partial charge in [-0.05, 0) is 56.5 Å². The molecule has 0 saturated carbocycles. The van der Waals surface area contributed by atoms with E-state index in [-0.39, 0.29) is 18.0 Å². The van der Waals surface area contributed by atoms with E-state index in [0.717, 1.165) is 44.5 Å². The fourth-order valence-electron chi connectivity index (χ4n) is 4.34. The monoisotopic (exact) mass is 393 g/mol. The zero-order valence-electron chi connectivity index (χ0n) is 17.0. The Balaban J connectivity index is 1.64. The summed E-state index contributed by atoms with van der Waals surface area (Å²) in [7, 11) is 1.59. The van der Waals surface area contributed by atoms with Crippen molar-refractivity contribution >= 4 is 23.2 Å². The first kappa shape index (κ1) is 19.3. The predicted octanol–water partition coefficient (Wildman–Crippen LogP) is 4.13. The molecule has 6 nitrogen and oxygen atoms in total. The lowest BCUT2D eigenvalue weighted by Gasteiger charge is -2.44. The molecule has 2 aliphatic heterocycles. The largest absolute Gasteiger partial charge is 0.497 e. The first-order valence-electron chi connectivity index (χ1n) is 10.3. The first-order valence-corrected chi connectivity index (χ1v) is 10.3. The van der Waals surface area contributed by atoms with Crippen LogP contribution in [0.5, 0.6) is 5.75 Å². The minimum atomic E-state index is -0.201. The van der Waals surface area contributed by atoms with Crippen molar-refractivity contribution in [2.75, 3.05) is 30.4 Å². The standard InChI is InChI=1S/C23H27N3O3/c1-3-25-20-14-16(22(27)24-17-8-7-9-18(15-17)29-2)11-12-19(20)23(28)26-13-6-4-5-10-21(25)26/h7-9,11-12,14-15,21H,3-6,10,13H2,1-2H3,(H,24,27)/t21-/m1/s1. The number of ether oxygens (including phenoxy) is 1.